The molecule has 3 atom stereocenters. The Labute approximate surface area is 167 Å². The maximum absolute atomic E-state index is 12.4. The first kappa shape index (κ1) is 21.4. The number of hydrogen-bond donors (Lipinski definition) is 1. The molecule has 1 aliphatic carbocycles. The van der Waals surface area contributed by atoms with Crippen LogP contribution in [0.1, 0.15) is 27.2 Å². The van der Waals surface area contributed by atoms with Gasteiger partial charge in [-0.15, -0.1) is 4.67 Å². The third kappa shape index (κ3) is 5.41. The molecular weight excluding hydrogens is 405 g/mol. The number of hydrogen-bond acceptors (Lipinski definition) is 11. The van der Waals surface area contributed by atoms with E-state index in [9.17, 15) is 9.36 Å². The minimum atomic E-state index is -3.64. The van der Waals surface area contributed by atoms with Gasteiger partial charge in [0.2, 0.25) is 12.7 Å². The standard InChI is InChI=1S/C16H24N5O7P/c1-10(2)26-15(22)24-9-25-29(4,23)28-27-16(5-11(16)3)7-21-8-19-12-6-18-14(17)20-13(12)21/h6,8,10-11H,5,7,9H2,1-4H3,(H2,17,18,20). The molecule has 2 heterocycles. The van der Waals surface area contributed by atoms with Gasteiger partial charge < -0.3 is 19.8 Å². The molecule has 3 rings (SSSR count). The second-order valence-corrected chi connectivity index (χ2v) is 9.17. The highest BCUT2D eigenvalue weighted by atomic mass is 31.2. The second-order valence-electron chi connectivity index (χ2n) is 7.22. The van der Waals surface area contributed by atoms with Crippen LogP contribution < -0.4 is 5.73 Å². The highest BCUT2D eigenvalue weighted by molar-refractivity contribution is 7.52. The SMILES string of the molecule is CC(C)OC(=O)OCOP(C)(=O)OOC1(Cn2cnc3cnc(N)nc32)CC1C. The van der Waals surface area contributed by atoms with Crippen LogP contribution in [0.4, 0.5) is 10.7 Å². The Morgan fingerprint density at radius 3 is 2.83 bits per heavy atom. The van der Waals surface area contributed by atoms with Crippen LogP contribution in [-0.2, 0) is 34.7 Å². The van der Waals surface area contributed by atoms with Crippen molar-refractivity contribution in [3.8, 4) is 0 Å². The fraction of sp³-hybridized carbons (Fsp3) is 0.625. The average Bonchev–Trinajstić information content (AvgIpc) is 3.08. The summed E-state index contributed by atoms with van der Waals surface area (Å²) >= 11 is 0. The number of imidazole rings is 1. The molecule has 160 valence electrons. The lowest BCUT2D eigenvalue weighted by atomic mass is 10.3. The third-order valence-corrected chi connectivity index (χ3v) is 5.26. The molecule has 2 N–H and O–H groups in total. The first-order valence-corrected chi connectivity index (χ1v) is 11.0. The molecular formula is C16H24N5O7P. The summed E-state index contributed by atoms with van der Waals surface area (Å²) < 4.78 is 33.7. The zero-order chi connectivity index (χ0) is 21.2. The van der Waals surface area contributed by atoms with Gasteiger partial charge in [0.05, 0.1) is 25.2 Å². The largest absolute Gasteiger partial charge is 0.510 e. The number of nitrogen functional groups attached to an aromatic ring is 1. The van der Waals surface area contributed by atoms with E-state index < -0.39 is 26.1 Å². The summed E-state index contributed by atoms with van der Waals surface area (Å²) in [4.78, 5) is 29.1. The number of carbonyl (C=O) groups excluding carboxylic acids is 1. The lowest BCUT2D eigenvalue weighted by molar-refractivity contribution is -0.272. The van der Waals surface area contributed by atoms with E-state index in [4.69, 9.17) is 24.6 Å². The molecule has 1 saturated carbocycles. The maximum Gasteiger partial charge on any atom is 0.510 e. The van der Waals surface area contributed by atoms with Crippen molar-refractivity contribution in [2.75, 3.05) is 19.2 Å². The van der Waals surface area contributed by atoms with E-state index in [1.54, 1.807) is 24.7 Å². The van der Waals surface area contributed by atoms with Crippen molar-refractivity contribution in [1.29, 1.82) is 0 Å². The Morgan fingerprint density at radius 1 is 1.45 bits per heavy atom. The fourth-order valence-electron chi connectivity index (χ4n) is 2.66. The predicted molar refractivity (Wildman–Crippen MR) is 101 cm³/mol. The number of fused-ring (bicyclic) bond motifs is 1. The van der Waals surface area contributed by atoms with Crippen LogP contribution in [0.2, 0.25) is 0 Å². The summed E-state index contributed by atoms with van der Waals surface area (Å²) in [5, 5.41) is 0. The molecule has 2 aromatic heterocycles. The molecule has 1 aliphatic rings. The van der Waals surface area contributed by atoms with Gasteiger partial charge >= 0.3 is 13.8 Å². The maximum atomic E-state index is 12.4. The minimum absolute atomic E-state index is 0.136. The quantitative estimate of drug-likeness (QED) is 0.206. The lowest BCUT2D eigenvalue weighted by Gasteiger charge is -2.20. The Kier molecular flexibility index (Phi) is 6.08. The molecule has 0 bridgehead atoms. The van der Waals surface area contributed by atoms with Gasteiger partial charge in [-0.05, 0) is 26.2 Å². The number of nitrogens with two attached hydrogens (primary N) is 1. The van der Waals surface area contributed by atoms with Crippen LogP contribution in [0, 0.1) is 5.92 Å². The summed E-state index contributed by atoms with van der Waals surface area (Å²) in [7, 11) is -3.64. The van der Waals surface area contributed by atoms with Crippen molar-refractivity contribution < 1.29 is 32.9 Å². The summed E-state index contributed by atoms with van der Waals surface area (Å²) in [6.07, 6.45) is 2.54. The van der Waals surface area contributed by atoms with Crippen molar-refractivity contribution in [2.24, 2.45) is 5.92 Å². The van der Waals surface area contributed by atoms with Crippen molar-refractivity contribution in [1.82, 2.24) is 19.5 Å². The van der Waals surface area contributed by atoms with Crippen LogP contribution in [0.5, 0.6) is 0 Å². The molecule has 3 unspecified atom stereocenters. The van der Waals surface area contributed by atoms with Crippen molar-refractivity contribution in [2.45, 2.75) is 45.4 Å². The number of ether oxygens (including phenoxy) is 2. The highest BCUT2D eigenvalue weighted by Gasteiger charge is 2.55. The van der Waals surface area contributed by atoms with Gasteiger partial charge in [0.15, 0.2) is 5.65 Å². The van der Waals surface area contributed by atoms with Crippen molar-refractivity contribution >= 4 is 30.9 Å². The zero-order valence-corrected chi connectivity index (χ0v) is 17.5. The molecule has 0 spiro atoms. The summed E-state index contributed by atoms with van der Waals surface area (Å²) in [6, 6.07) is 0. The molecule has 0 saturated heterocycles. The number of anilines is 1. The molecule has 13 heteroatoms. The monoisotopic (exact) mass is 429 g/mol. The molecule has 12 nitrogen and oxygen atoms in total. The zero-order valence-electron chi connectivity index (χ0n) is 16.6. The van der Waals surface area contributed by atoms with Crippen LogP contribution in [0.15, 0.2) is 12.5 Å². The van der Waals surface area contributed by atoms with Gasteiger partial charge in [0.1, 0.15) is 11.1 Å². The van der Waals surface area contributed by atoms with Crippen LogP contribution in [-0.4, -0.2) is 50.8 Å². The molecule has 0 radical (unpaired) electrons. The summed E-state index contributed by atoms with van der Waals surface area (Å²) in [6.45, 7) is 6.30. The average molecular weight is 429 g/mol. The van der Waals surface area contributed by atoms with E-state index in [2.05, 4.69) is 19.7 Å². The lowest BCUT2D eigenvalue weighted by Crippen LogP contribution is -2.24. The van der Waals surface area contributed by atoms with Crippen molar-refractivity contribution in [3.63, 3.8) is 0 Å². The predicted octanol–water partition coefficient (Wildman–Crippen LogP) is 2.49. The number of aromatic nitrogens is 4. The topological polar surface area (TPSA) is 150 Å². The first-order valence-electron chi connectivity index (χ1n) is 8.96. The molecule has 0 aliphatic heterocycles. The molecule has 29 heavy (non-hydrogen) atoms. The Morgan fingerprint density at radius 2 is 2.17 bits per heavy atom. The van der Waals surface area contributed by atoms with Crippen LogP contribution >= 0.6 is 7.60 Å². The van der Waals surface area contributed by atoms with E-state index in [1.165, 1.54) is 12.9 Å². The van der Waals surface area contributed by atoms with Gasteiger partial charge in [0.25, 0.3) is 0 Å². The Bertz CT molecular complexity index is 936. The van der Waals surface area contributed by atoms with Gasteiger partial charge in [-0.25, -0.2) is 19.7 Å². The van der Waals surface area contributed by atoms with Gasteiger partial charge in [-0.3, -0.25) is 9.09 Å². The molecule has 0 aromatic carbocycles. The van der Waals surface area contributed by atoms with E-state index in [0.717, 1.165) is 0 Å². The molecule has 1 fully saturated rings. The molecule has 2 aromatic rings. The van der Waals surface area contributed by atoms with Crippen LogP contribution in [0.25, 0.3) is 11.2 Å². The second kappa shape index (κ2) is 8.23. The van der Waals surface area contributed by atoms with Gasteiger partial charge in [-0.2, -0.15) is 4.98 Å². The number of rotatable bonds is 9. The highest BCUT2D eigenvalue weighted by Crippen LogP contribution is 2.53. The number of carbonyl (C=O) groups is 1. The normalized spacial score (nSPS) is 23.1. The molecule has 0 amide bonds. The third-order valence-electron chi connectivity index (χ3n) is 4.34. The number of nitrogens with zero attached hydrogens (tertiary/aromatic N) is 4. The first-order chi connectivity index (χ1) is 13.6. The minimum Gasteiger partial charge on any atom is -0.432 e. The fourth-order valence-corrected chi connectivity index (χ4v) is 3.23. The Balaban J connectivity index is 1.56. The van der Waals surface area contributed by atoms with E-state index >= 15 is 0 Å². The summed E-state index contributed by atoms with van der Waals surface area (Å²) in [5.41, 5.74) is 6.09. The van der Waals surface area contributed by atoms with Crippen molar-refractivity contribution in [3.05, 3.63) is 12.5 Å². The Hall–Kier alpha value is -2.27. The van der Waals surface area contributed by atoms with E-state index in [1.807, 2.05) is 6.92 Å². The van der Waals surface area contributed by atoms with Crippen LogP contribution in [0.3, 0.4) is 0 Å². The summed E-state index contributed by atoms with van der Waals surface area (Å²) in [5.74, 6) is 0.271. The van der Waals surface area contributed by atoms with E-state index in [-0.39, 0.29) is 18.0 Å². The van der Waals surface area contributed by atoms with E-state index in [0.29, 0.717) is 24.1 Å². The smallest absolute Gasteiger partial charge is 0.432 e. The van der Waals surface area contributed by atoms with Gasteiger partial charge in [0, 0.05) is 6.66 Å². The van der Waals surface area contributed by atoms with Gasteiger partial charge in [-0.1, -0.05) is 6.92 Å².